The van der Waals surface area contributed by atoms with Gasteiger partial charge < -0.3 is 5.32 Å². The molecule has 0 aliphatic heterocycles. The molecular formula is C19H11Cl2N3OS. The first-order chi connectivity index (χ1) is 12.6. The summed E-state index contributed by atoms with van der Waals surface area (Å²) in [5, 5.41) is 3.82. The highest BCUT2D eigenvalue weighted by molar-refractivity contribution is 7.19. The summed E-state index contributed by atoms with van der Waals surface area (Å²) in [7, 11) is 0. The van der Waals surface area contributed by atoms with E-state index in [1.807, 2.05) is 36.4 Å². The Kier molecular flexibility index (Phi) is 4.59. The van der Waals surface area contributed by atoms with Crippen LogP contribution in [-0.4, -0.2) is 15.9 Å². The predicted molar refractivity (Wildman–Crippen MR) is 107 cm³/mol. The van der Waals surface area contributed by atoms with E-state index in [0.29, 0.717) is 21.3 Å². The number of hydrogen-bond donors (Lipinski definition) is 1. The Bertz CT molecular complexity index is 1130. The molecule has 0 atom stereocenters. The van der Waals surface area contributed by atoms with E-state index in [-0.39, 0.29) is 11.1 Å². The van der Waals surface area contributed by atoms with Gasteiger partial charge in [0.15, 0.2) is 5.15 Å². The summed E-state index contributed by atoms with van der Waals surface area (Å²) in [5.74, 6) is -0.276. The van der Waals surface area contributed by atoms with Gasteiger partial charge in [-0.15, -0.1) is 11.3 Å². The number of rotatable bonds is 3. The van der Waals surface area contributed by atoms with Crippen molar-refractivity contribution in [3.8, 4) is 10.6 Å². The van der Waals surface area contributed by atoms with E-state index < -0.39 is 0 Å². The van der Waals surface area contributed by atoms with Crippen molar-refractivity contribution in [2.45, 2.75) is 0 Å². The van der Waals surface area contributed by atoms with Crippen molar-refractivity contribution >= 4 is 57.0 Å². The lowest BCUT2D eigenvalue weighted by Gasteiger charge is -2.10. The monoisotopic (exact) mass is 399 g/mol. The summed E-state index contributed by atoms with van der Waals surface area (Å²) in [6, 6.07) is 16.4. The molecule has 0 aliphatic carbocycles. The van der Waals surface area contributed by atoms with Gasteiger partial charge in [0, 0.05) is 11.6 Å². The summed E-state index contributed by atoms with van der Waals surface area (Å²) >= 11 is 13.5. The Morgan fingerprint density at radius 2 is 1.88 bits per heavy atom. The molecule has 128 valence electrons. The van der Waals surface area contributed by atoms with Gasteiger partial charge in [0.05, 0.1) is 31.7 Å². The van der Waals surface area contributed by atoms with E-state index in [1.165, 1.54) is 11.3 Å². The highest BCUT2D eigenvalue weighted by Gasteiger charge is 2.16. The van der Waals surface area contributed by atoms with Gasteiger partial charge in [-0.05, 0) is 36.4 Å². The highest BCUT2D eigenvalue weighted by Crippen LogP contribution is 2.32. The molecule has 0 bridgehead atoms. The molecule has 1 amide bonds. The van der Waals surface area contributed by atoms with Gasteiger partial charge in [0.2, 0.25) is 0 Å². The smallest absolute Gasteiger partial charge is 0.256 e. The number of amides is 1. The highest BCUT2D eigenvalue weighted by atomic mass is 35.5. The largest absolute Gasteiger partial charge is 0.319 e. The molecule has 4 rings (SSSR count). The van der Waals surface area contributed by atoms with Crippen LogP contribution >= 0.6 is 34.5 Å². The first kappa shape index (κ1) is 17.0. The number of carbonyl (C=O) groups excluding carboxylic acids is 1. The number of thiophene rings is 1. The fourth-order valence-corrected chi connectivity index (χ4v) is 3.78. The zero-order valence-electron chi connectivity index (χ0n) is 13.2. The molecule has 3 aromatic heterocycles. The average molecular weight is 400 g/mol. The van der Waals surface area contributed by atoms with Crippen LogP contribution in [0.3, 0.4) is 0 Å². The number of para-hydroxylation sites is 1. The van der Waals surface area contributed by atoms with Crippen LogP contribution in [0.15, 0.2) is 60.8 Å². The predicted octanol–water partition coefficient (Wildman–Crippen LogP) is 5.92. The van der Waals surface area contributed by atoms with Crippen molar-refractivity contribution in [3.05, 3.63) is 75.8 Å². The lowest BCUT2D eigenvalue weighted by molar-refractivity contribution is 0.102. The maximum atomic E-state index is 12.9. The fraction of sp³-hybridized carbons (Fsp3) is 0. The lowest BCUT2D eigenvalue weighted by atomic mass is 10.1. The van der Waals surface area contributed by atoms with Crippen molar-refractivity contribution in [3.63, 3.8) is 0 Å². The zero-order chi connectivity index (χ0) is 18.1. The number of hydrogen-bond acceptors (Lipinski definition) is 4. The number of benzene rings is 1. The topological polar surface area (TPSA) is 54.9 Å². The Morgan fingerprint density at radius 3 is 2.65 bits per heavy atom. The number of halogens is 2. The van der Waals surface area contributed by atoms with Crippen LogP contribution in [0.25, 0.3) is 21.5 Å². The van der Waals surface area contributed by atoms with Crippen LogP contribution in [0.4, 0.5) is 5.69 Å². The minimum Gasteiger partial charge on any atom is -0.319 e. The molecule has 0 fully saturated rings. The molecule has 26 heavy (non-hydrogen) atoms. The van der Waals surface area contributed by atoms with E-state index >= 15 is 0 Å². The van der Waals surface area contributed by atoms with Crippen LogP contribution in [0.2, 0.25) is 9.49 Å². The van der Waals surface area contributed by atoms with Crippen molar-refractivity contribution < 1.29 is 4.79 Å². The molecule has 0 saturated heterocycles. The summed E-state index contributed by atoms with van der Waals surface area (Å²) in [6.45, 7) is 0. The zero-order valence-corrected chi connectivity index (χ0v) is 15.6. The second-order valence-corrected chi connectivity index (χ2v) is 7.54. The third-order valence-corrected chi connectivity index (χ3v) is 5.35. The van der Waals surface area contributed by atoms with Crippen LogP contribution in [0.5, 0.6) is 0 Å². The second-order valence-electron chi connectivity index (χ2n) is 5.47. The number of nitrogens with one attached hydrogen (secondary N) is 1. The third kappa shape index (κ3) is 3.29. The molecule has 0 aliphatic rings. The van der Waals surface area contributed by atoms with E-state index in [1.54, 1.807) is 24.4 Å². The summed E-state index contributed by atoms with van der Waals surface area (Å²) in [5.41, 5.74) is 2.40. The van der Waals surface area contributed by atoms with E-state index in [4.69, 9.17) is 23.2 Å². The Hall–Kier alpha value is -2.47. The molecule has 0 spiro atoms. The SMILES string of the molecule is O=C(Nc1cccnc1Cl)c1cc(-c2ccc(Cl)s2)nc2ccccc12. The van der Waals surface area contributed by atoms with Crippen LogP contribution in [0, 0.1) is 0 Å². The molecule has 0 radical (unpaired) electrons. The van der Waals surface area contributed by atoms with Crippen LogP contribution in [-0.2, 0) is 0 Å². The van der Waals surface area contributed by atoms with E-state index in [9.17, 15) is 4.79 Å². The number of nitrogens with zero attached hydrogens (tertiary/aromatic N) is 2. The standard InChI is InChI=1S/C19H11Cl2N3OS/c20-17-8-7-16(26-17)15-10-12(11-4-1-2-5-13(11)23-15)19(25)24-14-6-3-9-22-18(14)21/h1-10H,(H,24,25). The molecule has 0 saturated carbocycles. The Morgan fingerprint density at radius 1 is 1.04 bits per heavy atom. The van der Waals surface area contributed by atoms with Crippen LogP contribution in [0.1, 0.15) is 10.4 Å². The summed E-state index contributed by atoms with van der Waals surface area (Å²) < 4.78 is 0.670. The van der Waals surface area contributed by atoms with Crippen molar-refractivity contribution in [2.24, 2.45) is 0 Å². The fourth-order valence-electron chi connectivity index (χ4n) is 2.61. The molecule has 4 aromatic rings. The molecular weight excluding hydrogens is 389 g/mol. The maximum absolute atomic E-state index is 12.9. The van der Waals surface area contributed by atoms with Gasteiger partial charge in [-0.25, -0.2) is 9.97 Å². The lowest BCUT2D eigenvalue weighted by Crippen LogP contribution is -2.13. The van der Waals surface area contributed by atoms with Crippen molar-refractivity contribution in [1.82, 2.24) is 9.97 Å². The first-order valence-electron chi connectivity index (χ1n) is 7.69. The molecule has 3 heterocycles. The van der Waals surface area contributed by atoms with Crippen molar-refractivity contribution in [2.75, 3.05) is 5.32 Å². The molecule has 0 unspecified atom stereocenters. The van der Waals surface area contributed by atoms with Crippen molar-refractivity contribution in [1.29, 1.82) is 0 Å². The molecule has 7 heteroatoms. The van der Waals surface area contributed by atoms with E-state index in [2.05, 4.69) is 15.3 Å². The third-order valence-electron chi connectivity index (χ3n) is 3.79. The Labute approximate surface area is 163 Å². The number of fused-ring (bicyclic) bond motifs is 1. The first-order valence-corrected chi connectivity index (χ1v) is 9.26. The Balaban J connectivity index is 1.82. The quantitative estimate of drug-likeness (QED) is 0.435. The summed E-state index contributed by atoms with van der Waals surface area (Å²) in [6.07, 6.45) is 1.57. The van der Waals surface area contributed by atoms with Gasteiger partial charge in [0.25, 0.3) is 5.91 Å². The number of anilines is 1. The molecule has 1 aromatic carbocycles. The number of carbonyl (C=O) groups is 1. The average Bonchev–Trinajstić information content (AvgIpc) is 3.09. The van der Waals surface area contributed by atoms with E-state index in [0.717, 1.165) is 15.8 Å². The van der Waals surface area contributed by atoms with Gasteiger partial charge in [-0.1, -0.05) is 41.4 Å². The van der Waals surface area contributed by atoms with Gasteiger partial charge >= 0.3 is 0 Å². The second kappa shape index (κ2) is 7.03. The van der Waals surface area contributed by atoms with Gasteiger partial charge in [-0.2, -0.15) is 0 Å². The van der Waals surface area contributed by atoms with Gasteiger partial charge in [0.1, 0.15) is 0 Å². The maximum Gasteiger partial charge on any atom is 0.256 e. The molecule has 4 nitrogen and oxygen atoms in total. The van der Waals surface area contributed by atoms with Crippen LogP contribution < -0.4 is 5.32 Å². The van der Waals surface area contributed by atoms with Gasteiger partial charge in [-0.3, -0.25) is 4.79 Å². The molecule has 1 N–H and O–H groups in total. The number of aromatic nitrogens is 2. The normalized spacial score (nSPS) is 10.8. The summed E-state index contributed by atoms with van der Waals surface area (Å²) in [4.78, 5) is 22.5. The minimum atomic E-state index is -0.276. The minimum absolute atomic E-state index is 0.240. The number of pyridine rings is 2.